The van der Waals surface area contributed by atoms with Crippen LogP contribution in [-0.2, 0) is 16.0 Å². The Morgan fingerprint density at radius 1 is 1.44 bits per heavy atom. The van der Waals surface area contributed by atoms with E-state index in [1.165, 1.54) is 0 Å². The van der Waals surface area contributed by atoms with Crippen LogP contribution in [0.15, 0.2) is 12.1 Å². The molecule has 0 amide bonds. The first-order valence-electron chi connectivity index (χ1n) is 5.02. The molecule has 0 saturated heterocycles. The fourth-order valence-electron chi connectivity index (χ4n) is 1.28. The molecule has 0 N–H and O–H groups in total. The number of carbonyl (C=O) groups excluding carboxylic acids is 1. The molecule has 0 unspecified atom stereocenters. The number of hydrogen-bond acceptors (Lipinski definition) is 3. The average Bonchev–Trinajstić information content (AvgIpc) is 2.23. The fourth-order valence-corrected chi connectivity index (χ4v) is 1.54. The van der Waals surface area contributed by atoms with Crippen molar-refractivity contribution in [2.75, 3.05) is 6.61 Å². The summed E-state index contributed by atoms with van der Waals surface area (Å²) in [5.74, 6) is -1.95. The van der Waals surface area contributed by atoms with Crippen molar-refractivity contribution in [2.24, 2.45) is 0 Å². The zero-order chi connectivity index (χ0) is 13.7. The summed E-state index contributed by atoms with van der Waals surface area (Å²) in [4.78, 5) is 11.2. The van der Waals surface area contributed by atoms with Gasteiger partial charge < -0.3 is 9.47 Å². The van der Waals surface area contributed by atoms with Crippen molar-refractivity contribution in [2.45, 2.75) is 20.0 Å². The summed E-state index contributed by atoms with van der Waals surface area (Å²) in [5.41, 5.74) is -0.114. The molecule has 1 aromatic rings. The van der Waals surface area contributed by atoms with Gasteiger partial charge in [-0.2, -0.15) is 8.78 Å². The summed E-state index contributed by atoms with van der Waals surface area (Å²) in [6, 6.07) is 1.76. The molecule has 0 atom stereocenters. The molecule has 0 aliphatic carbocycles. The lowest BCUT2D eigenvalue weighted by atomic mass is 10.1. The summed E-state index contributed by atoms with van der Waals surface area (Å²) in [5, 5.41) is -0.168. The minimum atomic E-state index is -3.07. The first-order chi connectivity index (χ1) is 8.43. The highest BCUT2D eigenvalue weighted by Crippen LogP contribution is 2.27. The zero-order valence-electron chi connectivity index (χ0n) is 9.38. The zero-order valence-corrected chi connectivity index (χ0v) is 10.1. The lowest BCUT2D eigenvalue weighted by molar-refractivity contribution is -0.142. The van der Waals surface area contributed by atoms with Crippen molar-refractivity contribution in [3.05, 3.63) is 28.5 Å². The molecule has 0 radical (unpaired) electrons. The number of esters is 1. The Bertz CT molecular complexity index is 415. The topological polar surface area (TPSA) is 35.5 Å². The van der Waals surface area contributed by atoms with Gasteiger partial charge in [0.25, 0.3) is 0 Å². The third kappa shape index (κ3) is 4.10. The molecular formula is C11H10ClF3O3. The van der Waals surface area contributed by atoms with Gasteiger partial charge in [0.15, 0.2) is 0 Å². The molecular weight excluding hydrogens is 273 g/mol. The van der Waals surface area contributed by atoms with Gasteiger partial charge >= 0.3 is 12.6 Å². The summed E-state index contributed by atoms with van der Waals surface area (Å²) in [7, 11) is 0. The van der Waals surface area contributed by atoms with Crippen LogP contribution in [0.3, 0.4) is 0 Å². The second kappa shape index (κ2) is 6.49. The number of benzene rings is 1. The highest BCUT2D eigenvalue weighted by Gasteiger charge is 2.16. The maximum Gasteiger partial charge on any atom is 0.387 e. The maximum atomic E-state index is 13.5. The molecule has 0 saturated carbocycles. The molecule has 3 nitrogen and oxygen atoms in total. The molecule has 1 aromatic carbocycles. The predicted octanol–water partition coefficient (Wildman–Crippen LogP) is 3.19. The van der Waals surface area contributed by atoms with Gasteiger partial charge in [-0.05, 0) is 13.0 Å². The predicted molar refractivity (Wildman–Crippen MR) is 58.4 cm³/mol. The highest BCUT2D eigenvalue weighted by atomic mass is 35.5. The molecule has 100 valence electrons. The van der Waals surface area contributed by atoms with Crippen LogP contribution in [0.1, 0.15) is 12.5 Å². The highest BCUT2D eigenvalue weighted by molar-refractivity contribution is 6.31. The summed E-state index contributed by atoms with van der Waals surface area (Å²) in [6.07, 6.45) is -0.368. The van der Waals surface area contributed by atoms with Crippen LogP contribution in [-0.4, -0.2) is 19.2 Å². The third-order valence-corrected chi connectivity index (χ3v) is 2.30. The summed E-state index contributed by atoms with van der Waals surface area (Å²) >= 11 is 5.69. The molecule has 0 fully saturated rings. The van der Waals surface area contributed by atoms with E-state index in [4.69, 9.17) is 11.6 Å². The van der Waals surface area contributed by atoms with Gasteiger partial charge in [0.2, 0.25) is 0 Å². The Hall–Kier alpha value is -1.43. The smallest absolute Gasteiger partial charge is 0.387 e. The SMILES string of the molecule is CCOC(=O)Cc1c(F)cc(OC(F)F)cc1Cl. The monoisotopic (exact) mass is 282 g/mol. The largest absolute Gasteiger partial charge is 0.466 e. The van der Waals surface area contributed by atoms with Crippen molar-refractivity contribution in [3.63, 3.8) is 0 Å². The van der Waals surface area contributed by atoms with Crippen molar-refractivity contribution < 1.29 is 27.4 Å². The molecule has 0 spiro atoms. The number of halogens is 4. The molecule has 0 aromatic heterocycles. The molecule has 0 aliphatic heterocycles. The lowest BCUT2D eigenvalue weighted by Crippen LogP contribution is -2.10. The number of ether oxygens (including phenoxy) is 2. The van der Waals surface area contributed by atoms with Gasteiger partial charge in [0.05, 0.1) is 18.1 Å². The van der Waals surface area contributed by atoms with Gasteiger partial charge in [-0.15, -0.1) is 0 Å². The van der Waals surface area contributed by atoms with Gasteiger partial charge in [0.1, 0.15) is 11.6 Å². The van der Waals surface area contributed by atoms with E-state index in [1.54, 1.807) is 6.92 Å². The Labute approximate surface area is 106 Å². The van der Waals surface area contributed by atoms with Crippen LogP contribution in [0.5, 0.6) is 5.75 Å². The van der Waals surface area contributed by atoms with E-state index in [-0.39, 0.29) is 23.6 Å². The minimum Gasteiger partial charge on any atom is -0.466 e. The molecule has 1 rings (SSSR count). The first kappa shape index (κ1) is 14.6. The van der Waals surface area contributed by atoms with Crippen LogP contribution in [0.25, 0.3) is 0 Å². The third-order valence-electron chi connectivity index (χ3n) is 1.97. The molecule has 0 aliphatic rings. The van der Waals surface area contributed by atoms with Gasteiger partial charge in [-0.25, -0.2) is 4.39 Å². The molecule has 7 heteroatoms. The number of carbonyl (C=O) groups is 1. The van der Waals surface area contributed by atoms with E-state index in [0.29, 0.717) is 0 Å². The van der Waals surface area contributed by atoms with Gasteiger partial charge in [-0.3, -0.25) is 4.79 Å². The quantitative estimate of drug-likeness (QED) is 0.778. The van der Waals surface area contributed by atoms with Crippen molar-refractivity contribution >= 4 is 17.6 Å². The molecule has 0 heterocycles. The normalized spacial score (nSPS) is 10.6. The van der Waals surface area contributed by atoms with Crippen LogP contribution < -0.4 is 4.74 Å². The summed E-state index contributed by atoms with van der Waals surface area (Å²) < 4.78 is 46.1. The van der Waals surface area contributed by atoms with Crippen LogP contribution in [0.2, 0.25) is 5.02 Å². The van der Waals surface area contributed by atoms with E-state index in [2.05, 4.69) is 9.47 Å². The number of hydrogen-bond donors (Lipinski definition) is 0. The van der Waals surface area contributed by atoms with E-state index in [9.17, 15) is 18.0 Å². The van der Waals surface area contributed by atoms with Crippen molar-refractivity contribution in [3.8, 4) is 5.75 Å². The van der Waals surface area contributed by atoms with Crippen molar-refractivity contribution in [1.29, 1.82) is 0 Å². The standard InChI is InChI=1S/C11H10ClF3O3/c1-2-17-10(16)5-7-8(12)3-6(4-9(7)13)18-11(14)15/h3-4,11H,2,5H2,1H3. The van der Waals surface area contributed by atoms with Crippen molar-refractivity contribution in [1.82, 2.24) is 0 Å². The second-order valence-electron chi connectivity index (χ2n) is 3.23. The number of alkyl halides is 2. The second-order valence-corrected chi connectivity index (χ2v) is 3.63. The minimum absolute atomic E-state index is 0.114. The van der Waals surface area contributed by atoms with E-state index >= 15 is 0 Å². The van der Waals surface area contributed by atoms with Crippen LogP contribution >= 0.6 is 11.6 Å². The van der Waals surface area contributed by atoms with E-state index in [0.717, 1.165) is 12.1 Å². The average molecular weight is 283 g/mol. The lowest BCUT2D eigenvalue weighted by Gasteiger charge is -2.09. The first-order valence-corrected chi connectivity index (χ1v) is 5.40. The summed E-state index contributed by atoms with van der Waals surface area (Å²) in [6.45, 7) is -1.31. The van der Waals surface area contributed by atoms with Gasteiger partial charge in [0, 0.05) is 11.6 Å². The van der Waals surface area contributed by atoms with Gasteiger partial charge in [-0.1, -0.05) is 11.6 Å². The Morgan fingerprint density at radius 2 is 2.11 bits per heavy atom. The Kier molecular flexibility index (Phi) is 5.27. The Balaban J connectivity index is 2.90. The number of rotatable bonds is 5. The fraction of sp³-hybridized carbons (Fsp3) is 0.364. The molecule has 18 heavy (non-hydrogen) atoms. The van der Waals surface area contributed by atoms with Crippen LogP contribution in [0, 0.1) is 5.82 Å². The molecule has 0 bridgehead atoms. The maximum absolute atomic E-state index is 13.5. The van der Waals surface area contributed by atoms with Crippen LogP contribution in [0.4, 0.5) is 13.2 Å². The van der Waals surface area contributed by atoms with E-state index < -0.39 is 24.1 Å². The Morgan fingerprint density at radius 3 is 2.61 bits per heavy atom. The van der Waals surface area contributed by atoms with E-state index in [1.807, 2.05) is 0 Å².